The van der Waals surface area contributed by atoms with E-state index in [9.17, 15) is 30.4 Å². The quantitative estimate of drug-likeness (QED) is 0.174. The van der Waals surface area contributed by atoms with Crippen LogP contribution in [0.3, 0.4) is 0 Å². The summed E-state index contributed by atoms with van der Waals surface area (Å²) in [5, 5.41) is 28.6. The van der Waals surface area contributed by atoms with Crippen molar-refractivity contribution in [2.75, 3.05) is 14.1 Å². The van der Waals surface area contributed by atoms with E-state index in [1.165, 1.54) is 84.7 Å². The molecule has 6 rings (SSSR count). The van der Waals surface area contributed by atoms with Crippen LogP contribution >= 0.6 is 12.4 Å². The average Bonchev–Trinajstić information content (AvgIpc) is 3.83. The Morgan fingerprint density at radius 2 is 1.20 bits per heavy atom. The molecule has 0 saturated carbocycles. The second-order valence-corrected chi connectivity index (χ2v) is 17.3. The molecule has 0 unspecified atom stereocenters. The van der Waals surface area contributed by atoms with E-state index in [-0.39, 0.29) is 67.3 Å². The highest BCUT2D eigenvalue weighted by molar-refractivity contribution is 7.91. The van der Waals surface area contributed by atoms with Gasteiger partial charge >= 0.3 is 6.09 Å². The molecule has 1 N–H and O–H groups in total. The topological polar surface area (TPSA) is 219 Å². The number of amides is 1. The average molecular weight is 879 g/mol. The number of carbonyl (C=O) groups is 1. The van der Waals surface area contributed by atoms with Crippen molar-refractivity contribution in [3.8, 4) is 23.5 Å². The SMILES string of the molecule is CN(Cc1cc(S(=O)(=O)c2ccc(C#N)nc2)n(-c2ccccc2F)n1)C(=O)OC(C)(C)C.CNCc1cc(S(=O)(=O)c2ccc(C#N)nc2)n(-c2ccccc2F)n1.Cl. The molecule has 1 amide bonds. The zero-order valence-electron chi connectivity index (χ0n) is 32.6. The van der Waals surface area contributed by atoms with Crippen LogP contribution in [0.5, 0.6) is 0 Å². The summed E-state index contributed by atoms with van der Waals surface area (Å²) >= 11 is 0. The summed E-state index contributed by atoms with van der Waals surface area (Å²) in [6.07, 6.45) is 1.53. The van der Waals surface area contributed by atoms with Crippen LogP contribution in [0.25, 0.3) is 11.4 Å². The molecule has 0 saturated heterocycles. The fourth-order valence-electron chi connectivity index (χ4n) is 5.24. The van der Waals surface area contributed by atoms with Gasteiger partial charge in [-0.2, -0.15) is 20.7 Å². The van der Waals surface area contributed by atoms with Gasteiger partial charge in [0.05, 0.1) is 27.7 Å². The van der Waals surface area contributed by atoms with Crippen molar-refractivity contribution in [1.29, 1.82) is 10.5 Å². The van der Waals surface area contributed by atoms with Crippen LogP contribution in [0.4, 0.5) is 13.6 Å². The maximum absolute atomic E-state index is 14.5. The minimum absolute atomic E-state index is 0. The molecule has 0 atom stereocenters. The number of para-hydroxylation sites is 2. The first kappa shape index (κ1) is 46.1. The van der Waals surface area contributed by atoms with Gasteiger partial charge in [-0.1, -0.05) is 24.3 Å². The number of hydrogen-bond donors (Lipinski definition) is 1. The molecule has 2 aromatic carbocycles. The number of rotatable bonds is 10. The predicted molar refractivity (Wildman–Crippen MR) is 214 cm³/mol. The van der Waals surface area contributed by atoms with Gasteiger partial charge in [0.15, 0.2) is 10.1 Å². The van der Waals surface area contributed by atoms with E-state index in [1.807, 2.05) is 12.1 Å². The number of halogens is 3. The number of aromatic nitrogens is 6. The molecule has 6 aromatic rings. The minimum atomic E-state index is -4.20. The van der Waals surface area contributed by atoms with Crippen molar-refractivity contribution in [2.45, 2.75) is 59.3 Å². The van der Waals surface area contributed by atoms with Gasteiger partial charge in [-0.15, -0.1) is 12.4 Å². The van der Waals surface area contributed by atoms with Crippen molar-refractivity contribution in [3.63, 3.8) is 0 Å². The van der Waals surface area contributed by atoms with E-state index in [2.05, 4.69) is 25.5 Å². The third kappa shape index (κ3) is 10.5. The fourth-order valence-corrected chi connectivity index (χ4v) is 7.92. The van der Waals surface area contributed by atoms with E-state index in [4.69, 9.17) is 15.3 Å². The van der Waals surface area contributed by atoms with Crippen LogP contribution in [-0.4, -0.2) is 77.1 Å². The molecule has 21 heteroatoms. The number of pyridine rings is 2. The van der Waals surface area contributed by atoms with Gasteiger partial charge in [-0.3, -0.25) is 0 Å². The molecule has 0 bridgehead atoms. The van der Waals surface area contributed by atoms with Crippen molar-refractivity contribution in [1.82, 2.24) is 39.7 Å². The number of nitriles is 2. The smallest absolute Gasteiger partial charge is 0.410 e. The number of nitrogens with one attached hydrogen (secondary N) is 1. The summed E-state index contributed by atoms with van der Waals surface area (Å²) in [7, 11) is -5.04. The number of ether oxygens (including phenoxy) is 1. The Labute approximate surface area is 350 Å². The molecule has 0 aliphatic carbocycles. The Balaban J connectivity index is 0.000000267. The highest BCUT2D eigenvalue weighted by Gasteiger charge is 2.29. The van der Waals surface area contributed by atoms with Gasteiger partial charge in [0.1, 0.15) is 52.1 Å². The molecular weight excluding hydrogens is 842 g/mol. The lowest BCUT2D eigenvalue weighted by atomic mass is 10.2. The standard InChI is InChI=1S/C22H22FN5O4S.C17H14FN5O2S.ClH/c1-22(2,3)32-21(29)27(4)14-16-11-20(28(26-16)19-8-6-5-7-18(19)23)33(30,31)17-10-9-15(12-24)25-13-17;1-20-10-13-8-17(23(22-13)16-5-3-2-4-15(16)18)26(24,25)14-7-6-12(9-19)21-11-14;/h5-11,13H,14H2,1-4H3;2-8,11,20H,10H2,1H3;1H. The Bertz CT molecular complexity index is 2800. The second kappa shape index (κ2) is 19.0. The molecule has 0 radical (unpaired) electrons. The maximum Gasteiger partial charge on any atom is 0.410 e. The molecule has 0 aliphatic rings. The van der Waals surface area contributed by atoms with E-state index < -0.39 is 43.0 Å². The molecule has 312 valence electrons. The van der Waals surface area contributed by atoms with Gasteiger partial charge in [0.2, 0.25) is 19.7 Å². The van der Waals surface area contributed by atoms with Crippen molar-refractivity contribution in [3.05, 3.63) is 132 Å². The number of carbonyl (C=O) groups excluding carboxylic acids is 1. The van der Waals surface area contributed by atoms with Crippen LogP contribution in [-0.2, 0) is 37.5 Å². The number of hydrogen-bond acceptors (Lipinski definition) is 13. The Hall–Kier alpha value is -6.58. The van der Waals surface area contributed by atoms with Crippen molar-refractivity contribution >= 4 is 38.2 Å². The van der Waals surface area contributed by atoms with E-state index in [0.717, 1.165) is 21.8 Å². The third-order valence-electron chi connectivity index (χ3n) is 7.95. The summed E-state index contributed by atoms with van der Waals surface area (Å²) in [5.41, 5.74) is 0.0230. The van der Waals surface area contributed by atoms with Crippen LogP contribution in [0.2, 0.25) is 0 Å². The summed E-state index contributed by atoms with van der Waals surface area (Å²) in [6.45, 7) is 5.41. The molecule has 0 spiro atoms. The minimum Gasteiger partial charge on any atom is -0.444 e. The van der Waals surface area contributed by atoms with Crippen LogP contribution in [0, 0.1) is 34.3 Å². The van der Waals surface area contributed by atoms with Gasteiger partial charge in [-0.05, 0) is 76.3 Å². The molecule has 16 nitrogen and oxygen atoms in total. The highest BCUT2D eigenvalue weighted by Crippen LogP contribution is 2.28. The van der Waals surface area contributed by atoms with Crippen molar-refractivity contribution in [2.24, 2.45) is 0 Å². The molecule has 0 fully saturated rings. The summed E-state index contributed by atoms with van der Waals surface area (Å²) in [5.74, 6) is -1.27. The lowest BCUT2D eigenvalue weighted by molar-refractivity contribution is 0.0283. The number of nitrogens with zero attached hydrogens (tertiary/aromatic N) is 9. The first-order valence-electron chi connectivity index (χ1n) is 17.4. The molecular formula is C39H37ClF2N10O6S2. The van der Waals surface area contributed by atoms with E-state index >= 15 is 0 Å². The zero-order valence-corrected chi connectivity index (χ0v) is 35.1. The van der Waals surface area contributed by atoms with E-state index in [1.54, 1.807) is 40.0 Å². The summed E-state index contributed by atoms with van der Waals surface area (Å²) in [6, 6.07) is 22.8. The highest BCUT2D eigenvalue weighted by atomic mass is 35.5. The third-order valence-corrected chi connectivity index (χ3v) is 11.4. The molecule has 60 heavy (non-hydrogen) atoms. The van der Waals surface area contributed by atoms with Crippen LogP contribution in [0.15, 0.2) is 117 Å². The Kier molecular flexibility index (Phi) is 14.6. The Morgan fingerprint density at radius 3 is 1.58 bits per heavy atom. The lowest BCUT2D eigenvalue weighted by Crippen LogP contribution is -2.33. The van der Waals surface area contributed by atoms with Crippen LogP contribution < -0.4 is 5.32 Å². The zero-order chi connectivity index (χ0) is 43.1. The second-order valence-electron chi connectivity index (χ2n) is 13.5. The van der Waals surface area contributed by atoms with E-state index in [0.29, 0.717) is 12.2 Å². The first-order valence-corrected chi connectivity index (χ1v) is 20.3. The molecule has 4 aromatic heterocycles. The fraction of sp³-hybridized carbons (Fsp3) is 0.205. The summed E-state index contributed by atoms with van der Waals surface area (Å²) < 4.78 is 88.9. The van der Waals surface area contributed by atoms with Gasteiger partial charge in [0, 0.05) is 38.1 Å². The normalized spacial score (nSPS) is 11.3. The lowest BCUT2D eigenvalue weighted by Gasteiger charge is -2.24. The molecule has 4 heterocycles. The van der Waals surface area contributed by atoms with Crippen molar-refractivity contribution < 1.29 is 35.1 Å². The Morgan fingerprint density at radius 1 is 0.767 bits per heavy atom. The summed E-state index contributed by atoms with van der Waals surface area (Å²) in [4.78, 5) is 20.9. The van der Waals surface area contributed by atoms with Gasteiger partial charge < -0.3 is 15.0 Å². The number of sulfone groups is 2. The van der Waals surface area contributed by atoms with Gasteiger partial charge in [0.25, 0.3) is 0 Å². The van der Waals surface area contributed by atoms with Crippen LogP contribution in [0.1, 0.15) is 43.5 Å². The monoisotopic (exact) mass is 878 g/mol. The first-order chi connectivity index (χ1) is 27.9. The van der Waals surface area contributed by atoms with Gasteiger partial charge in [-0.25, -0.2) is 49.7 Å². The number of benzene rings is 2. The molecule has 0 aliphatic heterocycles. The largest absolute Gasteiger partial charge is 0.444 e. The predicted octanol–water partition coefficient (Wildman–Crippen LogP) is 5.73. The maximum atomic E-state index is 14.5.